The maximum atomic E-state index is 12.9. The predicted molar refractivity (Wildman–Crippen MR) is 131 cm³/mol. The van der Waals surface area contributed by atoms with E-state index in [1.165, 1.54) is 32.1 Å². The minimum atomic E-state index is -0.205. The minimum absolute atomic E-state index is 0.0624. The number of allylic oxidation sites excluding steroid dienone is 1. The van der Waals surface area contributed by atoms with Crippen LogP contribution in [0.2, 0.25) is 0 Å². The first-order chi connectivity index (χ1) is 14.8. The second-order valence-corrected chi connectivity index (χ2v) is 14.9. The molecule has 7 atom stereocenters. The maximum Gasteiger partial charge on any atom is 0.138 e. The monoisotopic (exact) mass is 440 g/mol. The quantitative estimate of drug-likeness (QED) is 0.433. The van der Waals surface area contributed by atoms with E-state index in [0.717, 1.165) is 32.1 Å². The van der Waals surface area contributed by atoms with Crippen LogP contribution < -0.4 is 0 Å². The molecule has 0 radical (unpaired) electrons. The molecule has 5 aliphatic rings. The van der Waals surface area contributed by atoms with Gasteiger partial charge in [0, 0.05) is 17.3 Å². The Morgan fingerprint density at radius 3 is 2.28 bits per heavy atom. The van der Waals surface area contributed by atoms with Crippen LogP contribution in [0.25, 0.3) is 0 Å². The number of hydrogen-bond acceptors (Lipinski definition) is 2. The van der Waals surface area contributed by atoms with Crippen LogP contribution >= 0.6 is 0 Å². The van der Waals surface area contributed by atoms with Crippen LogP contribution in [0.4, 0.5) is 0 Å². The van der Waals surface area contributed by atoms with Gasteiger partial charge in [0.1, 0.15) is 5.78 Å². The zero-order valence-electron chi connectivity index (χ0n) is 21.9. The first kappa shape index (κ1) is 23.1. The van der Waals surface area contributed by atoms with Gasteiger partial charge in [0.05, 0.1) is 6.61 Å². The van der Waals surface area contributed by atoms with Gasteiger partial charge in [-0.25, -0.2) is 0 Å². The van der Waals surface area contributed by atoms with Gasteiger partial charge >= 0.3 is 0 Å². The van der Waals surface area contributed by atoms with Crippen LogP contribution in [0.5, 0.6) is 0 Å². The third kappa shape index (κ3) is 2.71. The van der Waals surface area contributed by atoms with Crippen molar-refractivity contribution in [1.29, 1.82) is 0 Å². The largest absolute Gasteiger partial charge is 0.395 e. The summed E-state index contributed by atoms with van der Waals surface area (Å²) >= 11 is 0. The topological polar surface area (TPSA) is 37.3 Å². The van der Waals surface area contributed by atoms with E-state index in [-0.39, 0.29) is 21.7 Å². The van der Waals surface area contributed by atoms with Gasteiger partial charge in [-0.3, -0.25) is 4.79 Å². The van der Waals surface area contributed by atoms with Crippen molar-refractivity contribution in [2.24, 2.45) is 50.2 Å². The van der Waals surface area contributed by atoms with Gasteiger partial charge in [-0.1, -0.05) is 60.1 Å². The van der Waals surface area contributed by atoms with Gasteiger partial charge in [-0.05, 0) is 97.2 Å². The second-order valence-electron chi connectivity index (χ2n) is 14.9. The molecule has 0 aliphatic heterocycles. The molecule has 1 N–H and O–H groups in total. The highest BCUT2D eigenvalue weighted by Crippen LogP contribution is 2.75. The minimum Gasteiger partial charge on any atom is -0.395 e. The summed E-state index contributed by atoms with van der Waals surface area (Å²) in [6.45, 7) is 17.3. The molecular formula is C30H48O2. The molecule has 0 heterocycles. The van der Waals surface area contributed by atoms with Crippen molar-refractivity contribution < 1.29 is 9.90 Å². The molecule has 0 saturated heterocycles. The molecule has 0 aromatic carbocycles. The Morgan fingerprint density at radius 1 is 0.906 bits per heavy atom. The van der Waals surface area contributed by atoms with Crippen molar-refractivity contribution in [3.05, 3.63) is 11.6 Å². The van der Waals surface area contributed by atoms with E-state index < -0.39 is 0 Å². The van der Waals surface area contributed by atoms with E-state index in [0.29, 0.717) is 41.0 Å². The van der Waals surface area contributed by atoms with Gasteiger partial charge in [0.2, 0.25) is 0 Å². The molecule has 32 heavy (non-hydrogen) atoms. The number of carbonyl (C=O) groups is 1. The van der Waals surface area contributed by atoms with E-state index in [9.17, 15) is 9.90 Å². The molecule has 5 rings (SSSR count). The molecule has 0 amide bonds. The number of aliphatic hydroxyl groups excluding tert-OH is 1. The standard InChI is InChI=1S/C30H48O2/c1-25(2)14-15-27(5)16-17-30(19-31)20(21(27)18-25)8-9-23-28(6)12-11-24(32)26(3,4)22(28)10-13-29(23,30)7/h8,21-23,31H,9-19H2,1-7H3/t21-,22+,23-,27+,28-,29+,30-/m0/s1. The Balaban J connectivity index is 1.61. The molecule has 0 aromatic heterocycles. The first-order valence-corrected chi connectivity index (χ1v) is 13.6. The molecule has 0 aromatic rings. The summed E-state index contributed by atoms with van der Waals surface area (Å²) in [6.07, 6.45) is 14.2. The summed E-state index contributed by atoms with van der Waals surface area (Å²) in [5.74, 6) is 2.14. The van der Waals surface area contributed by atoms with Crippen molar-refractivity contribution in [1.82, 2.24) is 0 Å². The van der Waals surface area contributed by atoms with Crippen molar-refractivity contribution >= 4 is 5.78 Å². The Morgan fingerprint density at radius 2 is 1.59 bits per heavy atom. The van der Waals surface area contributed by atoms with Crippen molar-refractivity contribution in [3.63, 3.8) is 0 Å². The third-order valence-electron chi connectivity index (χ3n) is 12.8. The predicted octanol–water partition coefficient (Wildman–Crippen LogP) is 7.35. The molecule has 0 spiro atoms. The number of ketones is 1. The molecule has 2 nitrogen and oxygen atoms in total. The van der Waals surface area contributed by atoms with Crippen LogP contribution in [0.1, 0.15) is 113 Å². The summed E-state index contributed by atoms with van der Waals surface area (Å²) in [6, 6.07) is 0. The Labute approximate surface area is 197 Å². The highest BCUT2D eigenvalue weighted by molar-refractivity contribution is 5.85. The molecule has 0 bridgehead atoms. The van der Waals surface area contributed by atoms with E-state index >= 15 is 0 Å². The highest BCUT2D eigenvalue weighted by atomic mass is 16.3. The number of fused-ring (bicyclic) bond motifs is 7. The number of carbonyl (C=O) groups excluding carboxylic acids is 1. The summed E-state index contributed by atoms with van der Waals surface area (Å²) in [5, 5.41) is 11.2. The average Bonchev–Trinajstić information content (AvgIpc) is 2.71. The third-order valence-corrected chi connectivity index (χ3v) is 12.8. The van der Waals surface area contributed by atoms with E-state index in [1.54, 1.807) is 5.57 Å². The molecule has 0 unspecified atom stereocenters. The average molecular weight is 441 g/mol. The summed E-state index contributed by atoms with van der Waals surface area (Å²) < 4.78 is 0. The molecule has 5 aliphatic carbocycles. The lowest BCUT2D eigenvalue weighted by Crippen LogP contribution is -2.65. The highest BCUT2D eigenvalue weighted by Gasteiger charge is 2.69. The van der Waals surface area contributed by atoms with E-state index in [4.69, 9.17) is 0 Å². The Kier molecular flexibility index (Phi) is 4.87. The SMILES string of the molecule is CC1(C)CC[C@]2(C)CC[C@]3(CO)C(=CC[C@H]4[C@@]5(C)CCC(=O)C(C)(C)[C@H]5CC[C@]43C)[C@@H]2C1. The van der Waals surface area contributed by atoms with Crippen LogP contribution in [-0.2, 0) is 4.79 Å². The van der Waals surface area contributed by atoms with E-state index in [1.807, 2.05) is 0 Å². The fraction of sp³-hybridized carbons (Fsp3) is 0.900. The summed E-state index contributed by atoms with van der Waals surface area (Å²) in [4.78, 5) is 12.9. The smallest absolute Gasteiger partial charge is 0.138 e. The summed E-state index contributed by atoms with van der Waals surface area (Å²) in [7, 11) is 0. The van der Waals surface area contributed by atoms with Gasteiger partial charge in [-0.15, -0.1) is 0 Å². The fourth-order valence-electron chi connectivity index (χ4n) is 10.5. The van der Waals surface area contributed by atoms with Crippen molar-refractivity contribution in [3.8, 4) is 0 Å². The van der Waals surface area contributed by atoms with Crippen LogP contribution in [0.15, 0.2) is 11.6 Å². The second kappa shape index (κ2) is 6.73. The molecule has 180 valence electrons. The Bertz CT molecular complexity index is 851. The van der Waals surface area contributed by atoms with Crippen molar-refractivity contribution in [2.45, 2.75) is 113 Å². The van der Waals surface area contributed by atoms with Gasteiger partial charge < -0.3 is 5.11 Å². The molecule has 4 saturated carbocycles. The number of rotatable bonds is 1. The lowest BCUT2D eigenvalue weighted by atomic mass is 9.33. The lowest BCUT2D eigenvalue weighted by molar-refractivity contribution is -0.194. The van der Waals surface area contributed by atoms with Crippen LogP contribution in [-0.4, -0.2) is 17.5 Å². The van der Waals surface area contributed by atoms with Crippen LogP contribution in [0.3, 0.4) is 0 Å². The maximum absolute atomic E-state index is 12.9. The zero-order chi connectivity index (χ0) is 23.4. The van der Waals surface area contributed by atoms with Gasteiger partial charge in [0.15, 0.2) is 0 Å². The number of Topliss-reactive ketones (excluding diaryl/α,β-unsaturated/α-hetero) is 1. The Hall–Kier alpha value is -0.630. The number of hydrogen-bond donors (Lipinski definition) is 1. The molecule has 4 fully saturated rings. The summed E-state index contributed by atoms with van der Waals surface area (Å²) in [5.41, 5.74) is 2.52. The first-order valence-electron chi connectivity index (χ1n) is 13.6. The number of aliphatic hydroxyl groups is 1. The van der Waals surface area contributed by atoms with E-state index in [2.05, 4.69) is 54.5 Å². The zero-order valence-corrected chi connectivity index (χ0v) is 21.9. The van der Waals surface area contributed by atoms with Gasteiger partial charge in [0.25, 0.3) is 0 Å². The lowest BCUT2D eigenvalue weighted by Gasteiger charge is -2.71. The normalized spacial score (nSPS) is 51.6. The fourth-order valence-corrected chi connectivity index (χ4v) is 10.5. The van der Waals surface area contributed by atoms with Crippen LogP contribution in [0, 0.1) is 50.2 Å². The molecule has 2 heteroatoms. The molecular weight excluding hydrogens is 392 g/mol. The van der Waals surface area contributed by atoms with Gasteiger partial charge in [-0.2, -0.15) is 0 Å². The van der Waals surface area contributed by atoms with Crippen molar-refractivity contribution in [2.75, 3.05) is 6.61 Å².